The van der Waals surface area contributed by atoms with Crippen molar-refractivity contribution in [2.75, 3.05) is 39.4 Å². The quantitative estimate of drug-likeness (QED) is 0.538. The topological polar surface area (TPSA) is 87.4 Å². The van der Waals surface area contributed by atoms with Crippen LogP contribution in [0.5, 0.6) is 0 Å². The van der Waals surface area contributed by atoms with Gasteiger partial charge in [-0.15, -0.1) is 0 Å². The lowest BCUT2D eigenvalue weighted by Gasteiger charge is -2.47. The van der Waals surface area contributed by atoms with E-state index in [1.165, 1.54) is 0 Å². The third kappa shape index (κ3) is 4.97. The van der Waals surface area contributed by atoms with Crippen molar-refractivity contribution >= 4 is 0 Å². The van der Waals surface area contributed by atoms with Gasteiger partial charge in [0, 0.05) is 38.3 Å². The van der Waals surface area contributed by atoms with E-state index >= 15 is 0 Å². The first-order valence-electron chi connectivity index (χ1n) is 8.16. The smallest absolute Gasteiger partial charge is 0.0897 e. The predicted molar refractivity (Wildman–Crippen MR) is 88.0 cm³/mol. The highest BCUT2D eigenvalue weighted by molar-refractivity contribution is 5.20. The van der Waals surface area contributed by atoms with Gasteiger partial charge in [-0.2, -0.15) is 0 Å². The Hall–Kier alpha value is -1.02. The van der Waals surface area contributed by atoms with Crippen LogP contribution < -0.4 is 0 Å². The van der Waals surface area contributed by atoms with Crippen molar-refractivity contribution in [3.63, 3.8) is 0 Å². The molecule has 1 aromatic carbocycles. The minimum atomic E-state index is -0.766. The van der Waals surface area contributed by atoms with Crippen molar-refractivity contribution in [1.82, 2.24) is 9.80 Å². The van der Waals surface area contributed by atoms with Gasteiger partial charge >= 0.3 is 0 Å². The Kier molecular flexibility index (Phi) is 6.95. The number of hydrogen-bond donors (Lipinski definition) is 4. The zero-order chi connectivity index (χ0) is 16.8. The summed E-state index contributed by atoms with van der Waals surface area (Å²) in [6.07, 6.45) is -1.51. The lowest BCUT2D eigenvalue weighted by Crippen LogP contribution is -2.56. The summed E-state index contributed by atoms with van der Waals surface area (Å²) >= 11 is 0. The average molecular weight is 324 g/mol. The number of nitrogens with zero attached hydrogens (tertiary/aromatic N) is 2. The van der Waals surface area contributed by atoms with Gasteiger partial charge in [-0.1, -0.05) is 30.3 Å². The summed E-state index contributed by atoms with van der Waals surface area (Å²) in [6, 6.07) is 10.3. The SMILES string of the molecule is C[C@@H]1CN(CC(O)CO)C[C@H](c2ccccc2)N1CC(O)CO. The Morgan fingerprint density at radius 3 is 2.22 bits per heavy atom. The molecule has 4 N–H and O–H groups in total. The van der Waals surface area contributed by atoms with E-state index in [-0.39, 0.29) is 25.3 Å². The summed E-state index contributed by atoms with van der Waals surface area (Å²) in [4.78, 5) is 4.35. The maximum atomic E-state index is 9.86. The third-order valence-electron chi connectivity index (χ3n) is 4.42. The number of piperazine rings is 1. The zero-order valence-electron chi connectivity index (χ0n) is 13.6. The molecule has 1 aromatic rings. The van der Waals surface area contributed by atoms with E-state index in [4.69, 9.17) is 10.2 Å². The van der Waals surface area contributed by atoms with Crippen LogP contribution in [0.25, 0.3) is 0 Å². The molecule has 0 radical (unpaired) electrons. The molecule has 2 rings (SSSR count). The van der Waals surface area contributed by atoms with E-state index in [1.807, 2.05) is 18.2 Å². The van der Waals surface area contributed by atoms with Crippen LogP contribution in [0.1, 0.15) is 18.5 Å². The second-order valence-corrected chi connectivity index (χ2v) is 6.36. The number of aliphatic hydroxyl groups excluding tert-OH is 4. The van der Waals surface area contributed by atoms with Gasteiger partial charge in [0.05, 0.1) is 25.4 Å². The van der Waals surface area contributed by atoms with Crippen molar-refractivity contribution in [2.24, 2.45) is 0 Å². The second kappa shape index (κ2) is 8.73. The maximum Gasteiger partial charge on any atom is 0.0897 e. The normalized spacial score (nSPS) is 26.1. The monoisotopic (exact) mass is 324 g/mol. The van der Waals surface area contributed by atoms with Gasteiger partial charge in [0.2, 0.25) is 0 Å². The maximum absolute atomic E-state index is 9.86. The lowest BCUT2D eigenvalue weighted by molar-refractivity contribution is -0.0316. The first-order chi connectivity index (χ1) is 11.0. The summed E-state index contributed by atoms with van der Waals surface area (Å²) in [7, 11) is 0. The van der Waals surface area contributed by atoms with Crippen LogP contribution >= 0.6 is 0 Å². The van der Waals surface area contributed by atoms with Crippen LogP contribution in [0, 0.1) is 0 Å². The average Bonchev–Trinajstić information content (AvgIpc) is 2.57. The molecule has 0 bridgehead atoms. The summed E-state index contributed by atoms with van der Waals surface area (Å²) < 4.78 is 0. The highest BCUT2D eigenvalue weighted by Gasteiger charge is 2.34. The van der Waals surface area contributed by atoms with Crippen molar-refractivity contribution in [1.29, 1.82) is 0 Å². The molecule has 23 heavy (non-hydrogen) atoms. The molecule has 6 nitrogen and oxygen atoms in total. The molecule has 1 aliphatic rings. The Balaban J connectivity index is 2.17. The van der Waals surface area contributed by atoms with Gasteiger partial charge in [-0.25, -0.2) is 0 Å². The largest absolute Gasteiger partial charge is 0.394 e. The van der Waals surface area contributed by atoms with E-state index in [0.29, 0.717) is 19.6 Å². The Labute approximate surface area is 137 Å². The molecule has 130 valence electrons. The lowest BCUT2D eigenvalue weighted by atomic mass is 9.98. The van der Waals surface area contributed by atoms with Gasteiger partial charge in [-0.3, -0.25) is 9.80 Å². The highest BCUT2D eigenvalue weighted by atomic mass is 16.3. The highest BCUT2D eigenvalue weighted by Crippen LogP contribution is 2.29. The molecule has 2 unspecified atom stereocenters. The van der Waals surface area contributed by atoms with Crippen LogP contribution in [-0.4, -0.2) is 87.9 Å². The van der Waals surface area contributed by atoms with Crippen molar-refractivity contribution in [2.45, 2.75) is 31.2 Å². The van der Waals surface area contributed by atoms with E-state index in [0.717, 1.165) is 12.1 Å². The molecule has 0 aliphatic carbocycles. The second-order valence-electron chi connectivity index (χ2n) is 6.36. The molecule has 1 saturated heterocycles. The molecule has 0 saturated carbocycles. The fraction of sp³-hybridized carbons (Fsp3) is 0.647. The number of benzene rings is 1. The first kappa shape index (κ1) is 18.3. The van der Waals surface area contributed by atoms with Crippen LogP contribution in [0.15, 0.2) is 30.3 Å². The van der Waals surface area contributed by atoms with E-state index < -0.39 is 12.2 Å². The summed E-state index contributed by atoms with van der Waals surface area (Å²) in [5, 5.41) is 37.8. The minimum Gasteiger partial charge on any atom is -0.394 e. The van der Waals surface area contributed by atoms with Crippen molar-refractivity contribution < 1.29 is 20.4 Å². The summed E-state index contributed by atoms with van der Waals surface area (Å²) in [5.41, 5.74) is 1.15. The molecule has 4 atom stereocenters. The molecule has 1 aliphatic heterocycles. The van der Waals surface area contributed by atoms with Gasteiger partial charge in [0.25, 0.3) is 0 Å². The molecule has 0 spiro atoms. The van der Waals surface area contributed by atoms with Gasteiger partial charge in [0.15, 0.2) is 0 Å². The fourth-order valence-corrected chi connectivity index (χ4v) is 3.29. The van der Waals surface area contributed by atoms with Crippen LogP contribution in [0.4, 0.5) is 0 Å². The molecule has 1 fully saturated rings. The van der Waals surface area contributed by atoms with Crippen LogP contribution in [-0.2, 0) is 0 Å². The number of aliphatic hydroxyl groups is 4. The third-order valence-corrected chi connectivity index (χ3v) is 4.42. The zero-order valence-corrected chi connectivity index (χ0v) is 13.6. The molecular weight excluding hydrogens is 296 g/mol. The first-order valence-corrected chi connectivity index (χ1v) is 8.16. The molecule has 1 heterocycles. The standard InChI is InChI=1S/C17H28N2O4/c1-13-7-18(8-15(22)11-20)10-17(14-5-3-2-4-6-14)19(13)9-16(23)12-21/h2-6,13,15-17,20-23H,7-12H2,1H3/t13-,15?,16?,17-/m1/s1. The Morgan fingerprint density at radius 2 is 1.61 bits per heavy atom. The number of β-amino-alcohol motifs (C(OH)–C–C–N with tert-alkyl or cyclic N) is 2. The van der Waals surface area contributed by atoms with E-state index in [2.05, 4.69) is 28.9 Å². The number of hydrogen-bond acceptors (Lipinski definition) is 6. The fourth-order valence-electron chi connectivity index (χ4n) is 3.29. The van der Waals surface area contributed by atoms with Crippen LogP contribution in [0.3, 0.4) is 0 Å². The van der Waals surface area contributed by atoms with Gasteiger partial charge in [-0.05, 0) is 12.5 Å². The van der Waals surface area contributed by atoms with Crippen molar-refractivity contribution in [3.05, 3.63) is 35.9 Å². The summed E-state index contributed by atoms with van der Waals surface area (Å²) in [5.74, 6) is 0. The van der Waals surface area contributed by atoms with Gasteiger partial charge in [0.1, 0.15) is 0 Å². The Bertz CT molecular complexity index is 459. The predicted octanol–water partition coefficient (Wildman–Crippen LogP) is -0.560. The molecule has 0 amide bonds. The van der Waals surface area contributed by atoms with Gasteiger partial charge < -0.3 is 20.4 Å². The number of rotatable bonds is 7. The van der Waals surface area contributed by atoms with E-state index in [1.54, 1.807) is 0 Å². The van der Waals surface area contributed by atoms with E-state index in [9.17, 15) is 10.2 Å². The Morgan fingerprint density at radius 1 is 1.00 bits per heavy atom. The summed E-state index contributed by atoms with van der Waals surface area (Å²) in [6.45, 7) is 3.89. The molecule has 0 aromatic heterocycles. The van der Waals surface area contributed by atoms with Crippen LogP contribution in [0.2, 0.25) is 0 Å². The minimum absolute atomic E-state index is 0.0760. The van der Waals surface area contributed by atoms with Crippen molar-refractivity contribution in [3.8, 4) is 0 Å². The molecular formula is C17H28N2O4. The molecule has 6 heteroatoms.